The van der Waals surface area contributed by atoms with Gasteiger partial charge >= 0.3 is 6.03 Å². The summed E-state index contributed by atoms with van der Waals surface area (Å²) in [5.41, 5.74) is 2.54. The van der Waals surface area contributed by atoms with Gasteiger partial charge in [-0.3, -0.25) is 4.68 Å². The van der Waals surface area contributed by atoms with Crippen LogP contribution in [0.2, 0.25) is 5.02 Å². The standard InChI is InChI=1S/C21H28ClN5O/c1-15-6-4-5-7-18(15)20-19-14-25(8-9-26-13-17(22)10-23-26)11-16(19)12-27(20)21(28)24(2)3/h4-7,10,13,16,19-20H,8-9,11-12,14H2,1-3H3/t16-,19-,20+/m1/s1. The highest BCUT2D eigenvalue weighted by atomic mass is 35.5. The molecule has 6 nitrogen and oxygen atoms in total. The van der Waals surface area contributed by atoms with Crippen LogP contribution in [0.25, 0.3) is 0 Å². The number of aryl methyl sites for hydroxylation is 1. The van der Waals surface area contributed by atoms with Crippen LogP contribution in [0.3, 0.4) is 0 Å². The molecule has 4 rings (SSSR count). The minimum atomic E-state index is 0.111. The molecule has 2 aliphatic heterocycles. The maximum atomic E-state index is 12.9. The lowest BCUT2D eigenvalue weighted by Gasteiger charge is -2.32. The Labute approximate surface area is 171 Å². The Hall–Kier alpha value is -2.05. The van der Waals surface area contributed by atoms with Gasteiger partial charge in [0.25, 0.3) is 0 Å². The number of amides is 2. The highest BCUT2D eigenvalue weighted by Gasteiger charge is 2.49. The molecular weight excluding hydrogens is 374 g/mol. The van der Waals surface area contributed by atoms with E-state index in [-0.39, 0.29) is 12.1 Å². The topological polar surface area (TPSA) is 44.6 Å². The molecule has 2 aromatic rings. The Kier molecular flexibility index (Phi) is 5.34. The predicted molar refractivity (Wildman–Crippen MR) is 110 cm³/mol. The van der Waals surface area contributed by atoms with Crippen LogP contribution in [0.5, 0.6) is 0 Å². The van der Waals surface area contributed by atoms with Crippen molar-refractivity contribution in [1.82, 2.24) is 24.5 Å². The van der Waals surface area contributed by atoms with Crippen LogP contribution in [0.1, 0.15) is 17.2 Å². The average molecular weight is 402 g/mol. The molecule has 2 amide bonds. The molecule has 0 unspecified atom stereocenters. The lowest BCUT2D eigenvalue weighted by atomic mass is 9.88. The molecule has 0 aliphatic carbocycles. The van der Waals surface area contributed by atoms with E-state index in [0.717, 1.165) is 32.7 Å². The van der Waals surface area contributed by atoms with E-state index in [2.05, 4.69) is 46.1 Å². The van der Waals surface area contributed by atoms with Gasteiger partial charge in [-0.1, -0.05) is 35.9 Å². The molecule has 1 aromatic carbocycles. The first-order chi connectivity index (χ1) is 13.4. The largest absolute Gasteiger partial charge is 0.331 e. The number of benzene rings is 1. The molecule has 0 N–H and O–H groups in total. The van der Waals surface area contributed by atoms with Crippen molar-refractivity contribution in [3.05, 3.63) is 52.8 Å². The van der Waals surface area contributed by atoms with Gasteiger partial charge in [0.05, 0.1) is 23.8 Å². The Morgan fingerprint density at radius 2 is 2.00 bits per heavy atom. The second kappa shape index (κ2) is 7.76. The van der Waals surface area contributed by atoms with Crippen molar-refractivity contribution >= 4 is 17.6 Å². The molecule has 0 saturated carbocycles. The number of hydrogen-bond donors (Lipinski definition) is 0. The molecule has 2 saturated heterocycles. The zero-order valence-electron chi connectivity index (χ0n) is 16.8. The minimum Gasteiger partial charge on any atom is -0.331 e. The number of hydrogen-bond acceptors (Lipinski definition) is 3. The summed E-state index contributed by atoms with van der Waals surface area (Å²) in [5.74, 6) is 0.973. The van der Waals surface area contributed by atoms with E-state index in [1.54, 1.807) is 11.1 Å². The number of likely N-dealkylation sites (tertiary alicyclic amines) is 2. The molecule has 7 heteroatoms. The third-order valence-electron chi connectivity index (χ3n) is 6.12. The molecule has 3 atom stereocenters. The molecule has 0 spiro atoms. The fourth-order valence-electron chi connectivity index (χ4n) is 4.80. The Balaban J connectivity index is 1.52. The van der Waals surface area contributed by atoms with Crippen molar-refractivity contribution < 1.29 is 4.79 Å². The van der Waals surface area contributed by atoms with Gasteiger partial charge in [0.2, 0.25) is 0 Å². The summed E-state index contributed by atoms with van der Waals surface area (Å²) in [6.45, 7) is 6.80. The van der Waals surface area contributed by atoms with Crippen LogP contribution >= 0.6 is 11.6 Å². The summed E-state index contributed by atoms with van der Waals surface area (Å²) >= 11 is 5.97. The summed E-state index contributed by atoms with van der Waals surface area (Å²) in [4.78, 5) is 19.2. The number of carbonyl (C=O) groups excluding carboxylic acids is 1. The zero-order chi connectivity index (χ0) is 19.8. The molecule has 1 aromatic heterocycles. The molecule has 2 fully saturated rings. The molecule has 0 radical (unpaired) electrons. The van der Waals surface area contributed by atoms with Gasteiger partial charge in [0.1, 0.15) is 0 Å². The normalized spacial score (nSPS) is 24.6. The third-order valence-corrected chi connectivity index (χ3v) is 6.32. The maximum Gasteiger partial charge on any atom is 0.320 e. The van der Waals surface area contributed by atoms with Gasteiger partial charge in [-0.25, -0.2) is 4.79 Å². The van der Waals surface area contributed by atoms with Gasteiger partial charge in [-0.2, -0.15) is 5.10 Å². The van der Waals surface area contributed by atoms with Crippen molar-refractivity contribution in [3.63, 3.8) is 0 Å². The summed E-state index contributed by atoms with van der Waals surface area (Å²) in [7, 11) is 3.68. The third kappa shape index (κ3) is 3.63. The quantitative estimate of drug-likeness (QED) is 0.790. The predicted octanol–water partition coefficient (Wildman–Crippen LogP) is 3.13. The molecule has 28 heavy (non-hydrogen) atoms. The first-order valence-corrected chi connectivity index (χ1v) is 10.3. The van der Waals surface area contributed by atoms with Crippen molar-refractivity contribution in [1.29, 1.82) is 0 Å². The monoisotopic (exact) mass is 401 g/mol. The van der Waals surface area contributed by atoms with Gasteiger partial charge in [0, 0.05) is 52.4 Å². The van der Waals surface area contributed by atoms with Gasteiger partial charge < -0.3 is 14.7 Å². The number of fused-ring (bicyclic) bond motifs is 1. The summed E-state index contributed by atoms with van der Waals surface area (Å²) in [6, 6.07) is 8.74. The van der Waals surface area contributed by atoms with E-state index in [1.165, 1.54) is 11.1 Å². The van der Waals surface area contributed by atoms with Crippen LogP contribution in [0.4, 0.5) is 4.79 Å². The van der Waals surface area contributed by atoms with Gasteiger partial charge in [-0.05, 0) is 24.0 Å². The van der Waals surface area contributed by atoms with E-state index in [0.29, 0.717) is 16.9 Å². The van der Waals surface area contributed by atoms with E-state index < -0.39 is 0 Å². The molecule has 2 aliphatic rings. The molecular formula is C21H28ClN5O. The van der Waals surface area contributed by atoms with E-state index in [1.807, 2.05) is 25.0 Å². The maximum absolute atomic E-state index is 12.9. The first kappa shape index (κ1) is 19.3. The van der Waals surface area contributed by atoms with E-state index in [4.69, 9.17) is 11.6 Å². The van der Waals surface area contributed by atoms with Crippen LogP contribution in [-0.2, 0) is 6.54 Å². The Bertz CT molecular complexity index is 851. The van der Waals surface area contributed by atoms with Crippen molar-refractivity contribution in [2.45, 2.75) is 19.5 Å². The molecule has 150 valence electrons. The fraction of sp³-hybridized carbons (Fsp3) is 0.524. The highest BCUT2D eigenvalue weighted by molar-refractivity contribution is 6.30. The van der Waals surface area contributed by atoms with Crippen LogP contribution in [-0.4, -0.2) is 70.8 Å². The van der Waals surface area contributed by atoms with Crippen LogP contribution < -0.4 is 0 Å². The van der Waals surface area contributed by atoms with E-state index >= 15 is 0 Å². The summed E-state index contributed by atoms with van der Waals surface area (Å²) < 4.78 is 1.90. The smallest absolute Gasteiger partial charge is 0.320 e. The lowest BCUT2D eigenvalue weighted by Crippen LogP contribution is -2.41. The van der Waals surface area contributed by atoms with Crippen molar-refractivity contribution in [2.75, 3.05) is 40.3 Å². The van der Waals surface area contributed by atoms with Crippen LogP contribution in [0, 0.1) is 18.8 Å². The lowest BCUT2D eigenvalue weighted by molar-refractivity contribution is 0.151. The number of carbonyl (C=O) groups is 1. The average Bonchev–Trinajstić information content (AvgIpc) is 3.34. The Morgan fingerprint density at radius 3 is 2.68 bits per heavy atom. The SMILES string of the molecule is Cc1ccccc1[C@H]1[C@@H]2CN(CCn3cc(Cl)cn3)C[C@@H]2CN1C(=O)N(C)C. The summed E-state index contributed by atoms with van der Waals surface area (Å²) in [6.07, 6.45) is 3.55. The van der Waals surface area contributed by atoms with Crippen molar-refractivity contribution in [3.8, 4) is 0 Å². The first-order valence-electron chi connectivity index (χ1n) is 9.88. The number of nitrogens with zero attached hydrogens (tertiary/aromatic N) is 5. The highest BCUT2D eigenvalue weighted by Crippen LogP contribution is 2.46. The minimum absolute atomic E-state index is 0.111. The zero-order valence-corrected chi connectivity index (χ0v) is 17.5. The van der Waals surface area contributed by atoms with Gasteiger partial charge in [0.15, 0.2) is 0 Å². The molecule has 3 heterocycles. The number of urea groups is 1. The number of aromatic nitrogens is 2. The summed E-state index contributed by atoms with van der Waals surface area (Å²) in [5, 5.41) is 4.95. The second-order valence-corrected chi connectivity index (χ2v) is 8.67. The van der Waals surface area contributed by atoms with Crippen LogP contribution in [0.15, 0.2) is 36.7 Å². The number of halogens is 1. The number of rotatable bonds is 4. The van der Waals surface area contributed by atoms with Crippen molar-refractivity contribution in [2.24, 2.45) is 11.8 Å². The second-order valence-electron chi connectivity index (χ2n) is 8.24. The Morgan fingerprint density at radius 1 is 1.21 bits per heavy atom. The molecule has 0 bridgehead atoms. The van der Waals surface area contributed by atoms with Gasteiger partial charge in [-0.15, -0.1) is 0 Å². The fourth-order valence-corrected chi connectivity index (χ4v) is 4.95. The van der Waals surface area contributed by atoms with E-state index in [9.17, 15) is 4.79 Å².